The highest BCUT2D eigenvalue weighted by atomic mass is 79.9. The van der Waals surface area contributed by atoms with Crippen molar-refractivity contribution in [2.24, 2.45) is 0 Å². The van der Waals surface area contributed by atoms with E-state index in [1.807, 2.05) is 17.0 Å². The van der Waals surface area contributed by atoms with Crippen molar-refractivity contribution < 1.29 is 9.21 Å². The van der Waals surface area contributed by atoms with Gasteiger partial charge in [-0.1, -0.05) is 12.1 Å². The summed E-state index contributed by atoms with van der Waals surface area (Å²) in [5, 5.41) is 0. The summed E-state index contributed by atoms with van der Waals surface area (Å²) in [6.07, 6.45) is 3.29. The fraction of sp³-hybridized carbons (Fsp3) is 0.316. The molecule has 0 unspecified atom stereocenters. The molecule has 5 heteroatoms. The zero-order valence-corrected chi connectivity index (χ0v) is 15.5. The van der Waals surface area contributed by atoms with E-state index in [1.165, 1.54) is 16.8 Å². The van der Waals surface area contributed by atoms with Crippen LogP contribution < -0.4 is 4.90 Å². The SMILES string of the molecule is Cc1cccc(N2CCN(C(=O)/C=C/c3ccc(Br)o3)CC2)c1C. The number of halogens is 1. The number of hydrogen-bond donors (Lipinski definition) is 0. The molecule has 1 aliphatic rings. The first kappa shape index (κ1) is 16.8. The Labute approximate surface area is 150 Å². The fourth-order valence-electron chi connectivity index (χ4n) is 2.92. The van der Waals surface area contributed by atoms with E-state index in [0.717, 1.165) is 26.2 Å². The normalized spacial score (nSPS) is 15.3. The van der Waals surface area contributed by atoms with Gasteiger partial charge in [-0.05, 0) is 65.2 Å². The van der Waals surface area contributed by atoms with Gasteiger partial charge >= 0.3 is 0 Å². The number of hydrogen-bond acceptors (Lipinski definition) is 3. The van der Waals surface area contributed by atoms with Gasteiger partial charge in [0.15, 0.2) is 4.67 Å². The number of aryl methyl sites for hydroxylation is 1. The number of anilines is 1. The molecule has 0 bridgehead atoms. The van der Waals surface area contributed by atoms with Crippen LogP contribution >= 0.6 is 15.9 Å². The lowest BCUT2D eigenvalue weighted by molar-refractivity contribution is -0.126. The summed E-state index contributed by atoms with van der Waals surface area (Å²) in [7, 11) is 0. The molecule has 0 atom stereocenters. The molecule has 1 amide bonds. The van der Waals surface area contributed by atoms with Gasteiger partial charge in [0.25, 0.3) is 0 Å². The second-order valence-corrected chi connectivity index (χ2v) is 6.79. The van der Waals surface area contributed by atoms with Gasteiger partial charge in [-0.25, -0.2) is 0 Å². The Hall–Kier alpha value is -2.01. The molecule has 0 spiro atoms. The quantitative estimate of drug-likeness (QED) is 0.744. The van der Waals surface area contributed by atoms with Crippen LogP contribution in [0.25, 0.3) is 6.08 Å². The Morgan fingerprint density at radius 2 is 1.88 bits per heavy atom. The van der Waals surface area contributed by atoms with Crippen molar-refractivity contribution in [2.75, 3.05) is 31.1 Å². The maximum Gasteiger partial charge on any atom is 0.246 e. The van der Waals surface area contributed by atoms with Gasteiger partial charge in [0.2, 0.25) is 5.91 Å². The molecule has 1 aliphatic heterocycles. The van der Waals surface area contributed by atoms with Gasteiger partial charge in [0.05, 0.1) is 0 Å². The van der Waals surface area contributed by atoms with Crippen LogP contribution in [-0.2, 0) is 4.79 Å². The number of piperazine rings is 1. The van der Waals surface area contributed by atoms with Crippen LogP contribution in [0.15, 0.2) is 45.5 Å². The standard InChI is InChI=1S/C19H21BrN2O2/c1-14-4-3-5-17(15(14)2)21-10-12-22(13-11-21)19(23)9-7-16-6-8-18(20)24-16/h3-9H,10-13H2,1-2H3/b9-7+. The average Bonchev–Trinajstić information content (AvgIpc) is 3.01. The molecule has 1 aromatic carbocycles. The molecule has 126 valence electrons. The van der Waals surface area contributed by atoms with Crippen molar-refractivity contribution >= 4 is 33.6 Å². The van der Waals surface area contributed by atoms with E-state index >= 15 is 0 Å². The molecule has 2 heterocycles. The van der Waals surface area contributed by atoms with Crippen molar-refractivity contribution in [1.82, 2.24) is 4.90 Å². The topological polar surface area (TPSA) is 36.7 Å². The molecule has 3 rings (SSSR count). The number of furan rings is 1. The van der Waals surface area contributed by atoms with Crippen LogP contribution in [0.5, 0.6) is 0 Å². The minimum Gasteiger partial charge on any atom is -0.450 e. The summed E-state index contributed by atoms with van der Waals surface area (Å²) in [5.74, 6) is 0.701. The van der Waals surface area contributed by atoms with E-state index in [9.17, 15) is 4.79 Å². The first-order valence-corrected chi connectivity index (χ1v) is 8.87. The molecule has 0 aliphatic carbocycles. The van der Waals surface area contributed by atoms with E-state index in [4.69, 9.17) is 4.42 Å². The van der Waals surface area contributed by atoms with Crippen LogP contribution in [0, 0.1) is 13.8 Å². The Bertz CT molecular complexity index is 758. The zero-order chi connectivity index (χ0) is 17.1. The summed E-state index contributed by atoms with van der Waals surface area (Å²) < 4.78 is 6.04. The summed E-state index contributed by atoms with van der Waals surface area (Å²) in [6, 6.07) is 10.0. The van der Waals surface area contributed by atoms with Gasteiger partial charge in [-0.2, -0.15) is 0 Å². The molecule has 2 aromatic rings. The van der Waals surface area contributed by atoms with Gasteiger partial charge in [0.1, 0.15) is 5.76 Å². The minimum absolute atomic E-state index is 0.0307. The molecule has 0 saturated carbocycles. The second-order valence-electron chi connectivity index (χ2n) is 6.01. The number of carbonyl (C=O) groups excluding carboxylic acids is 1. The third-order valence-electron chi connectivity index (χ3n) is 4.49. The molecule has 4 nitrogen and oxygen atoms in total. The molecular weight excluding hydrogens is 368 g/mol. The highest BCUT2D eigenvalue weighted by Gasteiger charge is 2.21. The second kappa shape index (κ2) is 7.26. The number of rotatable bonds is 3. The number of nitrogens with zero attached hydrogens (tertiary/aromatic N) is 2. The predicted octanol–water partition coefficient (Wildman–Crippen LogP) is 4.02. The van der Waals surface area contributed by atoms with E-state index < -0.39 is 0 Å². The lowest BCUT2D eigenvalue weighted by Gasteiger charge is -2.36. The van der Waals surface area contributed by atoms with E-state index in [0.29, 0.717) is 10.4 Å². The number of carbonyl (C=O) groups is 1. The van der Waals surface area contributed by atoms with E-state index in [-0.39, 0.29) is 5.91 Å². The van der Waals surface area contributed by atoms with Gasteiger partial charge in [-0.3, -0.25) is 4.79 Å². The average molecular weight is 389 g/mol. The Balaban J connectivity index is 1.59. The summed E-state index contributed by atoms with van der Waals surface area (Å²) in [5.41, 5.74) is 3.90. The maximum atomic E-state index is 12.3. The van der Waals surface area contributed by atoms with Crippen molar-refractivity contribution in [3.8, 4) is 0 Å². The predicted molar refractivity (Wildman–Crippen MR) is 100 cm³/mol. The van der Waals surface area contributed by atoms with Crippen molar-refractivity contribution in [2.45, 2.75) is 13.8 Å². The molecule has 0 radical (unpaired) electrons. The lowest BCUT2D eigenvalue weighted by atomic mass is 10.1. The van der Waals surface area contributed by atoms with E-state index in [2.05, 4.69) is 52.9 Å². The van der Waals surface area contributed by atoms with Crippen LogP contribution in [0.3, 0.4) is 0 Å². The van der Waals surface area contributed by atoms with Gasteiger partial charge in [-0.15, -0.1) is 0 Å². The summed E-state index contributed by atoms with van der Waals surface area (Å²) in [6.45, 7) is 7.48. The van der Waals surface area contributed by atoms with Crippen LogP contribution in [0.4, 0.5) is 5.69 Å². The third kappa shape index (κ3) is 3.73. The molecular formula is C19H21BrN2O2. The largest absolute Gasteiger partial charge is 0.450 e. The third-order valence-corrected chi connectivity index (χ3v) is 4.92. The summed E-state index contributed by atoms with van der Waals surface area (Å²) >= 11 is 3.25. The smallest absolute Gasteiger partial charge is 0.246 e. The number of amides is 1. The van der Waals surface area contributed by atoms with Gasteiger partial charge in [0, 0.05) is 37.9 Å². The molecule has 24 heavy (non-hydrogen) atoms. The van der Waals surface area contributed by atoms with Crippen molar-refractivity contribution in [3.05, 3.63) is 58.0 Å². The highest BCUT2D eigenvalue weighted by molar-refractivity contribution is 9.10. The summed E-state index contributed by atoms with van der Waals surface area (Å²) in [4.78, 5) is 16.6. The van der Waals surface area contributed by atoms with Crippen molar-refractivity contribution in [3.63, 3.8) is 0 Å². The first-order chi connectivity index (χ1) is 11.5. The van der Waals surface area contributed by atoms with Gasteiger partial charge < -0.3 is 14.2 Å². The molecule has 1 aromatic heterocycles. The maximum absolute atomic E-state index is 12.3. The Morgan fingerprint density at radius 3 is 2.54 bits per heavy atom. The highest BCUT2D eigenvalue weighted by Crippen LogP contribution is 2.24. The first-order valence-electron chi connectivity index (χ1n) is 8.08. The zero-order valence-electron chi connectivity index (χ0n) is 14.0. The van der Waals surface area contributed by atoms with Crippen LogP contribution in [-0.4, -0.2) is 37.0 Å². The molecule has 0 N–H and O–H groups in total. The van der Waals surface area contributed by atoms with E-state index in [1.54, 1.807) is 12.2 Å². The minimum atomic E-state index is 0.0307. The monoisotopic (exact) mass is 388 g/mol. The van der Waals surface area contributed by atoms with Crippen molar-refractivity contribution in [1.29, 1.82) is 0 Å². The van der Waals surface area contributed by atoms with Crippen LogP contribution in [0.2, 0.25) is 0 Å². The fourth-order valence-corrected chi connectivity index (χ4v) is 3.24. The lowest BCUT2D eigenvalue weighted by Crippen LogP contribution is -2.48. The molecule has 1 fully saturated rings. The number of benzene rings is 1. The Kier molecular flexibility index (Phi) is 5.09. The Morgan fingerprint density at radius 1 is 1.12 bits per heavy atom. The molecule has 1 saturated heterocycles. The van der Waals surface area contributed by atoms with Crippen LogP contribution in [0.1, 0.15) is 16.9 Å².